The maximum absolute atomic E-state index is 11.9. The van der Waals surface area contributed by atoms with Crippen LogP contribution in [0.3, 0.4) is 0 Å². The van der Waals surface area contributed by atoms with Crippen LogP contribution in [0, 0.1) is 5.92 Å². The number of allylic oxidation sites excluding steroid dienone is 2. The van der Waals surface area contributed by atoms with Crippen LogP contribution < -0.4 is 10.2 Å². The minimum Gasteiger partial charge on any atom is -0.512 e. The van der Waals surface area contributed by atoms with E-state index in [9.17, 15) is 9.90 Å². The van der Waals surface area contributed by atoms with Crippen molar-refractivity contribution in [1.29, 1.82) is 0 Å². The van der Waals surface area contributed by atoms with Gasteiger partial charge >= 0.3 is 0 Å². The van der Waals surface area contributed by atoms with Gasteiger partial charge in [0.1, 0.15) is 0 Å². The van der Waals surface area contributed by atoms with Gasteiger partial charge in [-0.15, -0.1) is 0 Å². The summed E-state index contributed by atoms with van der Waals surface area (Å²) >= 11 is 0. The van der Waals surface area contributed by atoms with E-state index in [1.807, 2.05) is 30.2 Å². The molecule has 2 aromatic rings. The molecule has 0 bridgehead atoms. The Labute approximate surface area is 195 Å². The Hall–Kier alpha value is -3.09. The van der Waals surface area contributed by atoms with Crippen molar-refractivity contribution in [2.24, 2.45) is 5.92 Å². The maximum Gasteiger partial charge on any atom is 0.227 e. The Kier molecular flexibility index (Phi) is 6.20. The summed E-state index contributed by atoms with van der Waals surface area (Å²) in [7, 11) is 0. The topological polar surface area (TPSA) is 81.6 Å². The van der Waals surface area contributed by atoms with Crippen LogP contribution in [0.15, 0.2) is 36.2 Å². The molecule has 0 radical (unpaired) electrons. The zero-order valence-corrected chi connectivity index (χ0v) is 19.4. The number of hydrogen-bond donors (Lipinski definition) is 2. The van der Waals surface area contributed by atoms with Crippen LogP contribution in [0.25, 0.3) is 5.57 Å². The number of rotatable bonds is 5. The summed E-state index contributed by atoms with van der Waals surface area (Å²) in [5.74, 6) is 1.74. The van der Waals surface area contributed by atoms with Crippen molar-refractivity contribution in [2.75, 3.05) is 36.4 Å². The van der Waals surface area contributed by atoms with Crippen molar-refractivity contribution < 1.29 is 9.90 Å². The van der Waals surface area contributed by atoms with Gasteiger partial charge in [-0.1, -0.05) is 19.8 Å². The first-order chi connectivity index (χ1) is 16.1. The number of benzene rings is 1. The quantitative estimate of drug-likeness (QED) is 0.692. The molecular weight excluding hydrogens is 414 g/mol. The lowest BCUT2D eigenvalue weighted by Gasteiger charge is -2.36. The third-order valence-corrected chi connectivity index (χ3v) is 7.25. The maximum atomic E-state index is 11.9. The van der Waals surface area contributed by atoms with E-state index in [0.29, 0.717) is 30.5 Å². The zero-order chi connectivity index (χ0) is 22.8. The molecule has 1 aromatic carbocycles. The number of carbonyl (C=O) groups is 1. The molecule has 7 nitrogen and oxygen atoms in total. The van der Waals surface area contributed by atoms with Crippen molar-refractivity contribution in [3.63, 3.8) is 0 Å². The molecule has 0 atom stereocenters. The van der Waals surface area contributed by atoms with Gasteiger partial charge in [-0.2, -0.15) is 0 Å². The van der Waals surface area contributed by atoms with Gasteiger partial charge in [0.2, 0.25) is 11.9 Å². The molecular formula is C26H33N5O2. The summed E-state index contributed by atoms with van der Waals surface area (Å²) in [6.07, 6.45) is 8.69. The average Bonchev–Trinajstić information content (AvgIpc) is 3.38. The molecule has 3 aliphatic rings. The molecule has 33 heavy (non-hydrogen) atoms. The predicted octanol–water partition coefficient (Wildman–Crippen LogP) is 4.68. The van der Waals surface area contributed by atoms with Crippen molar-refractivity contribution in [3.8, 4) is 0 Å². The lowest BCUT2D eigenvalue weighted by atomic mass is 9.85. The highest BCUT2D eigenvalue weighted by Crippen LogP contribution is 2.42. The van der Waals surface area contributed by atoms with E-state index in [4.69, 9.17) is 4.98 Å². The molecule has 1 saturated heterocycles. The van der Waals surface area contributed by atoms with E-state index < -0.39 is 0 Å². The van der Waals surface area contributed by atoms with Gasteiger partial charge in [0, 0.05) is 62.2 Å². The molecule has 1 amide bonds. The first kappa shape index (κ1) is 21.7. The molecule has 1 aliphatic heterocycles. The van der Waals surface area contributed by atoms with E-state index >= 15 is 0 Å². The number of anilines is 3. The van der Waals surface area contributed by atoms with Gasteiger partial charge in [-0.25, -0.2) is 9.97 Å². The number of carbonyl (C=O) groups excluding carboxylic acids is 1. The molecule has 1 saturated carbocycles. The molecule has 0 unspecified atom stereocenters. The molecule has 7 heteroatoms. The fourth-order valence-electron chi connectivity index (χ4n) is 5.37. The molecule has 0 spiro atoms. The number of piperazine rings is 1. The minimum absolute atomic E-state index is 0.235. The number of aryl methyl sites for hydroxylation is 1. The largest absolute Gasteiger partial charge is 0.512 e. The molecule has 2 fully saturated rings. The third kappa shape index (κ3) is 4.54. The SMILES string of the molecule is CCC(=O)N1CCN(c2ccc(Nc3ncc4c(n3)C(C3CCCC3)=C(O)CC4)cc2)CC1. The fourth-order valence-corrected chi connectivity index (χ4v) is 5.37. The van der Waals surface area contributed by atoms with Crippen LogP contribution in [0.5, 0.6) is 0 Å². The Morgan fingerprint density at radius 2 is 1.82 bits per heavy atom. The van der Waals surface area contributed by atoms with Crippen molar-refractivity contribution in [2.45, 2.75) is 51.9 Å². The molecule has 174 valence electrons. The van der Waals surface area contributed by atoms with Gasteiger partial charge in [0.05, 0.1) is 11.5 Å². The molecule has 2 N–H and O–H groups in total. The predicted molar refractivity (Wildman–Crippen MR) is 131 cm³/mol. The number of aromatic nitrogens is 2. The highest BCUT2D eigenvalue weighted by Gasteiger charge is 2.29. The number of nitrogens with zero attached hydrogens (tertiary/aromatic N) is 4. The van der Waals surface area contributed by atoms with E-state index in [-0.39, 0.29) is 5.91 Å². The number of aliphatic hydroxyl groups is 1. The Balaban J connectivity index is 1.28. The Bertz CT molecular complexity index is 1040. The zero-order valence-electron chi connectivity index (χ0n) is 19.4. The normalized spacial score (nSPS) is 19.1. The summed E-state index contributed by atoms with van der Waals surface area (Å²) in [5.41, 5.74) is 5.21. The van der Waals surface area contributed by atoms with Crippen molar-refractivity contribution in [1.82, 2.24) is 14.9 Å². The minimum atomic E-state index is 0.235. The summed E-state index contributed by atoms with van der Waals surface area (Å²) in [6.45, 7) is 5.18. The summed E-state index contributed by atoms with van der Waals surface area (Å²) < 4.78 is 0. The highest BCUT2D eigenvalue weighted by molar-refractivity contribution is 5.76. The number of fused-ring (bicyclic) bond motifs is 1. The van der Waals surface area contributed by atoms with Gasteiger partial charge in [-0.3, -0.25) is 4.79 Å². The molecule has 5 rings (SSSR count). The lowest BCUT2D eigenvalue weighted by Crippen LogP contribution is -2.48. The van der Waals surface area contributed by atoms with Crippen LogP contribution in [0.1, 0.15) is 56.7 Å². The van der Waals surface area contributed by atoms with Crippen molar-refractivity contribution in [3.05, 3.63) is 47.5 Å². The van der Waals surface area contributed by atoms with E-state index in [1.54, 1.807) is 0 Å². The molecule has 1 aromatic heterocycles. The first-order valence-corrected chi connectivity index (χ1v) is 12.3. The number of hydrogen-bond acceptors (Lipinski definition) is 6. The van der Waals surface area contributed by atoms with E-state index in [0.717, 1.165) is 73.6 Å². The van der Waals surface area contributed by atoms with Gasteiger partial charge < -0.3 is 20.2 Å². The second kappa shape index (κ2) is 9.41. The van der Waals surface area contributed by atoms with Gasteiger partial charge in [-0.05, 0) is 55.0 Å². The van der Waals surface area contributed by atoms with Crippen LogP contribution in [0.4, 0.5) is 17.3 Å². The second-order valence-electron chi connectivity index (χ2n) is 9.30. The number of nitrogens with one attached hydrogen (secondary N) is 1. The van der Waals surface area contributed by atoms with Gasteiger partial charge in [0.25, 0.3) is 0 Å². The molecule has 2 heterocycles. The lowest BCUT2D eigenvalue weighted by molar-refractivity contribution is -0.131. The number of amides is 1. The highest BCUT2D eigenvalue weighted by atomic mass is 16.3. The molecule has 2 aliphatic carbocycles. The second-order valence-corrected chi connectivity index (χ2v) is 9.30. The Morgan fingerprint density at radius 1 is 1.09 bits per heavy atom. The number of aliphatic hydroxyl groups excluding tert-OH is 1. The monoisotopic (exact) mass is 447 g/mol. The van der Waals surface area contributed by atoms with Crippen molar-refractivity contribution >= 4 is 28.8 Å². The fraction of sp³-hybridized carbons (Fsp3) is 0.500. The smallest absolute Gasteiger partial charge is 0.227 e. The summed E-state index contributed by atoms with van der Waals surface area (Å²) in [6, 6.07) is 8.31. The van der Waals surface area contributed by atoms with Crippen LogP contribution in [-0.4, -0.2) is 52.1 Å². The Morgan fingerprint density at radius 3 is 2.52 bits per heavy atom. The average molecular weight is 448 g/mol. The summed E-state index contributed by atoms with van der Waals surface area (Å²) in [5, 5.41) is 14.0. The third-order valence-electron chi connectivity index (χ3n) is 7.25. The standard InChI is InChI=1S/C26H33N5O2/c1-2-23(33)31-15-13-30(14-16-31)21-10-8-20(9-11-21)28-26-27-17-19-7-12-22(32)24(25(19)29-26)18-5-3-4-6-18/h8-11,17-18,32H,2-7,12-16H2,1H3,(H,27,28,29). The summed E-state index contributed by atoms with van der Waals surface area (Å²) in [4.78, 5) is 25.6. The van der Waals surface area contributed by atoms with Gasteiger partial charge in [0.15, 0.2) is 0 Å². The van der Waals surface area contributed by atoms with E-state index in [1.165, 1.54) is 12.8 Å². The van der Waals surface area contributed by atoms with E-state index in [2.05, 4.69) is 27.3 Å². The van der Waals surface area contributed by atoms with Crippen LogP contribution >= 0.6 is 0 Å². The first-order valence-electron chi connectivity index (χ1n) is 12.3. The van der Waals surface area contributed by atoms with Crippen LogP contribution in [-0.2, 0) is 11.2 Å². The van der Waals surface area contributed by atoms with Crippen LogP contribution in [0.2, 0.25) is 0 Å².